The highest BCUT2D eigenvalue weighted by Gasteiger charge is 2.25. The van der Waals surface area contributed by atoms with Crippen LogP contribution in [0.3, 0.4) is 0 Å². The molecule has 0 aliphatic carbocycles. The zero-order valence-corrected chi connectivity index (χ0v) is 14.3. The molecule has 0 aromatic heterocycles. The smallest absolute Gasteiger partial charge is 0.255 e. The number of piperazine rings is 1. The number of carbonyl (C=O) groups is 1. The van der Waals surface area contributed by atoms with Crippen LogP contribution in [0.1, 0.15) is 17.3 Å². The van der Waals surface area contributed by atoms with Crippen LogP contribution in [0, 0.1) is 11.3 Å². The lowest BCUT2D eigenvalue weighted by Gasteiger charge is -2.36. The molecule has 1 aliphatic heterocycles. The quantitative estimate of drug-likeness (QED) is 0.766. The van der Waals surface area contributed by atoms with Crippen molar-refractivity contribution in [3.05, 3.63) is 32.7 Å². The second kappa shape index (κ2) is 6.70. The van der Waals surface area contributed by atoms with Crippen molar-refractivity contribution in [3.63, 3.8) is 0 Å². The Morgan fingerprint density at radius 2 is 1.95 bits per heavy atom. The number of nitrogens with zero attached hydrogens (tertiary/aromatic N) is 3. The molecule has 1 heterocycles. The third-order valence-electron chi connectivity index (χ3n) is 3.49. The summed E-state index contributed by atoms with van der Waals surface area (Å²) in [4.78, 5) is 16.4. The van der Waals surface area contributed by atoms with Crippen molar-refractivity contribution in [2.24, 2.45) is 0 Å². The summed E-state index contributed by atoms with van der Waals surface area (Å²) in [6.07, 6.45) is 0. The number of amides is 1. The number of nitriles is 1. The third kappa shape index (κ3) is 3.40. The number of hydrogen-bond donors (Lipinski definition) is 0. The summed E-state index contributed by atoms with van der Waals surface area (Å²) in [5.41, 5.74) is 0.668. The SMILES string of the molecule is CC(C#N)N1CCN(C(=O)c2cc(Br)ccc2Br)CC1. The number of hydrogen-bond acceptors (Lipinski definition) is 3. The van der Waals surface area contributed by atoms with Crippen LogP contribution in [-0.4, -0.2) is 47.9 Å². The Hall–Kier alpha value is -0.900. The van der Waals surface area contributed by atoms with E-state index >= 15 is 0 Å². The van der Waals surface area contributed by atoms with E-state index in [-0.39, 0.29) is 11.9 Å². The van der Waals surface area contributed by atoms with Gasteiger partial charge in [0.1, 0.15) is 0 Å². The predicted octanol–water partition coefficient (Wildman–Crippen LogP) is 2.88. The second-order valence-electron chi connectivity index (χ2n) is 4.76. The normalized spacial score (nSPS) is 17.6. The van der Waals surface area contributed by atoms with Crippen molar-refractivity contribution in [2.45, 2.75) is 13.0 Å². The Morgan fingerprint density at radius 1 is 1.30 bits per heavy atom. The van der Waals surface area contributed by atoms with Crippen LogP contribution in [0.5, 0.6) is 0 Å². The van der Waals surface area contributed by atoms with Crippen molar-refractivity contribution in [3.8, 4) is 6.07 Å². The molecule has 2 rings (SSSR count). The number of halogens is 2. The summed E-state index contributed by atoms with van der Waals surface area (Å²) in [6.45, 7) is 4.69. The number of benzene rings is 1. The second-order valence-corrected chi connectivity index (χ2v) is 6.53. The van der Waals surface area contributed by atoms with Gasteiger partial charge in [0.2, 0.25) is 0 Å². The van der Waals surface area contributed by atoms with Gasteiger partial charge >= 0.3 is 0 Å². The highest BCUT2D eigenvalue weighted by atomic mass is 79.9. The summed E-state index contributed by atoms with van der Waals surface area (Å²) in [6, 6.07) is 7.74. The minimum Gasteiger partial charge on any atom is -0.336 e. The van der Waals surface area contributed by atoms with E-state index in [0.717, 1.165) is 22.0 Å². The molecule has 106 valence electrons. The number of rotatable bonds is 2. The zero-order chi connectivity index (χ0) is 14.7. The maximum absolute atomic E-state index is 12.5. The maximum Gasteiger partial charge on any atom is 0.255 e. The number of carbonyl (C=O) groups excluding carboxylic acids is 1. The van der Waals surface area contributed by atoms with E-state index in [9.17, 15) is 4.79 Å². The van der Waals surface area contributed by atoms with Gasteiger partial charge in [-0.25, -0.2) is 0 Å². The van der Waals surface area contributed by atoms with Gasteiger partial charge < -0.3 is 4.90 Å². The largest absolute Gasteiger partial charge is 0.336 e. The van der Waals surface area contributed by atoms with Gasteiger partial charge in [0.15, 0.2) is 0 Å². The van der Waals surface area contributed by atoms with Gasteiger partial charge in [0.05, 0.1) is 17.7 Å². The van der Waals surface area contributed by atoms with Crippen LogP contribution in [0.25, 0.3) is 0 Å². The topological polar surface area (TPSA) is 47.3 Å². The van der Waals surface area contributed by atoms with Crippen molar-refractivity contribution in [1.29, 1.82) is 5.26 Å². The van der Waals surface area contributed by atoms with Gasteiger partial charge in [-0.1, -0.05) is 15.9 Å². The van der Waals surface area contributed by atoms with E-state index in [2.05, 4.69) is 42.8 Å². The molecule has 1 saturated heterocycles. The molecule has 1 fully saturated rings. The van der Waals surface area contributed by atoms with E-state index in [1.165, 1.54) is 0 Å². The van der Waals surface area contributed by atoms with E-state index in [1.54, 1.807) is 0 Å². The Bertz CT molecular complexity index is 548. The standard InChI is InChI=1S/C14H15Br2N3O/c1-10(9-17)18-4-6-19(7-5-18)14(20)12-8-11(15)2-3-13(12)16/h2-3,8,10H,4-7H2,1H3. The van der Waals surface area contributed by atoms with Crippen LogP contribution in [0.4, 0.5) is 0 Å². The fourth-order valence-electron chi connectivity index (χ4n) is 2.23. The molecule has 0 N–H and O–H groups in total. The van der Waals surface area contributed by atoms with E-state index < -0.39 is 0 Å². The summed E-state index contributed by atoms with van der Waals surface area (Å²) >= 11 is 6.81. The highest BCUT2D eigenvalue weighted by molar-refractivity contribution is 9.11. The lowest BCUT2D eigenvalue weighted by Crippen LogP contribution is -2.51. The lowest BCUT2D eigenvalue weighted by atomic mass is 10.1. The Morgan fingerprint density at radius 3 is 2.55 bits per heavy atom. The van der Waals surface area contributed by atoms with Gasteiger partial charge in [0.25, 0.3) is 5.91 Å². The molecule has 1 aromatic rings. The summed E-state index contributed by atoms with van der Waals surface area (Å²) in [5, 5.41) is 8.92. The zero-order valence-electron chi connectivity index (χ0n) is 11.1. The van der Waals surface area contributed by atoms with Crippen LogP contribution in [0.2, 0.25) is 0 Å². The molecular weight excluding hydrogens is 386 g/mol. The van der Waals surface area contributed by atoms with Gasteiger partial charge in [-0.05, 0) is 41.1 Å². The van der Waals surface area contributed by atoms with E-state index in [4.69, 9.17) is 5.26 Å². The average Bonchev–Trinajstić information content (AvgIpc) is 2.48. The lowest BCUT2D eigenvalue weighted by molar-refractivity contribution is 0.0614. The molecule has 1 amide bonds. The minimum atomic E-state index is -0.0927. The van der Waals surface area contributed by atoms with E-state index in [1.807, 2.05) is 30.0 Å². The van der Waals surface area contributed by atoms with Crippen LogP contribution in [-0.2, 0) is 0 Å². The molecule has 0 bridgehead atoms. The van der Waals surface area contributed by atoms with Crippen molar-refractivity contribution < 1.29 is 4.79 Å². The molecular formula is C14H15Br2N3O. The maximum atomic E-state index is 12.5. The van der Waals surface area contributed by atoms with Gasteiger partial charge in [-0.2, -0.15) is 5.26 Å². The van der Waals surface area contributed by atoms with Crippen molar-refractivity contribution >= 4 is 37.8 Å². The van der Waals surface area contributed by atoms with Crippen molar-refractivity contribution in [2.75, 3.05) is 26.2 Å². The van der Waals surface area contributed by atoms with Gasteiger partial charge in [0, 0.05) is 35.1 Å². The molecule has 1 atom stereocenters. The molecule has 0 spiro atoms. The van der Waals surface area contributed by atoms with Crippen molar-refractivity contribution in [1.82, 2.24) is 9.80 Å². The monoisotopic (exact) mass is 399 g/mol. The van der Waals surface area contributed by atoms with Crippen LogP contribution < -0.4 is 0 Å². The molecule has 20 heavy (non-hydrogen) atoms. The first-order valence-corrected chi connectivity index (χ1v) is 7.99. The molecule has 1 aliphatic rings. The highest BCUT2D eigenvalue weighted by Crippen LogP contribution is 2.23. The third-order valence-corrected chi connectivity index (χ3v) is 4.68. The summed E-state index contributed by atoms with van der Waals surface area (Å²) in [7, 11) is 0. The summed E-state index contributed by atoms with van der Waals surface area (Å²) in [5.74, 6) is 0.0300. The summed E-state index contributed by atoms with van der Waals surface area (Å²) < 4.78 is 1.69. The average molecular weight is 401 g/mol. The molecule has 4 nitrogen and oxygen atoms in total. The van der Waals surface area contributed by atoms with Crippen LogP contribution in [0.15, 0.2) is 27.1 Å². The first-order chi connectivity index (χ1) is 9.52. The fraction of sp³-hybridized carbons (Fsp3) is 0.429. The van der Waals surface area contributed by atoms with Gasteiger partial charge in [-0.3, -0.25) is 9.69 Å². The first kappa shape index (κ1) is 15.5. The minimum absolute atomic E-state index is 0.0300. The van der Waals surface area contributed by atoms with Gasteiger partial charge in [-0.15, -0.1) is 0 Å². The molecule has 6 heteroatoms. The Labute approximate surface area is 135 Å². The molecule has 1 unspecified atom stereocenters. The Kier molecular flexibility index (Phi) is 5.19. The molecule has 0 radical (unpaired) electrons. The Balaban J connectivity index is 2.05. The van der Waals surface area contributed by atoms with E-state index in [0.29, 0.717) is 18.7 Å². The van der Waals surface area contributed by atoms with Crippen LogP contribution >= 0.6 is 31.9 Å². The fourth-order valence-corrected chi connectivity index (χ4v) is 3.00. The first-order valence-electron chi connectivity index (χ1n) is 6.41. The predicted molar refractivity (Wildman–Crippen MR) is 84.4 cm³/mol. The molecule has 1 aromatic carbocycles. The molecule has 0 saturated carbocycles.